The van der Waals surface area contributed by atoms with E-state index >= 15 is 0 Å². The van der Waals surface area contributed by atoms with Crippen molar-refractivity contribution in [2.45, 2.75) is 27.7 Å². The van der Waals surface area contributed by atoms with Crippen LogP contribution in [0.3, 0.4) is 0 Å². The summed E-state index contributed by atoms with van der Waals surface area (Å²) in [5, 5.41) is 14.0. The quantitative estimate of drug-likeness (QED) is 0.761. The third kappa shape index (κ3) is 17.3. The first-order valence-corrected chi connectivity index (χ1v) is 6.96. The molecule has 3 nitrogen and oxygen atoms in total. The molecule has 0 saturated heterocycles. The van der Waals surface area contributed by atoms with Crippen LogP contribution in [0.5, 0.6) is 11.5 Å². The number of hydrogen-bond acceptors (Lipinski definition) is 3. The molecule has 0 fully saturated rings. The van der Waals surface area contributed by atoms with Crippen LogP contribution in [0.1, 0.15) is 27.7 Å². The van der Waals surface area contributed by atoms with Crippen molar-refractivity contribution in [3.05, 3.63) is 60.7 Å². The first-order chi connectivity index (χ1) is 10.4. The topological polar surface area (TPSA) is 49.7 Å². The van der Waals surface area contributed by atoms with E-state index in [0.717, 1.165) is 14.2 Å². The molecule has 0 aliphatic carbocycles. The third-order valence-electron chi connectivity index (χ3n) is 1.58. The molecule has 123 valence electrons. The summed E-state index contributed by atoms with van der Waals surface area (Å²) in [5.41, 5.74) is 0. The van der Waals surface area contributed by atoms with E-state index in [2.05, 4.69) is 12.1 Å². The van der Waals surface area contributed by atoms with Crippen LogP contribution in [-0.2, 0) is 32.7 Å². The molecule has 0 amide bonds. The molecular weight excluding hydrogens is 353 g/mol. The zero-order chi connectivity index (χ0) is 16.9. The van der Waals surface area contributed by atoms with Crippen molar-refractivity contribution in [3.63, 3.8) is 0 Å². The van der Waals surface area contributed by atoms with Gasteiger partial charge < -0.3 is 14.9 Å². The minimum Gasteiger partial charge on any atom is -0.509 e. The Labute approximate surface area is 161 Å². The normalized spacial score (nSPS) is 6.73. The predicted molar refractivity (Wildman–Crippen MR) is 89.6 cm³/mol. The van der Waals surface area contributed by atoms with Gasteiger partial charge in [-0.3, -0.25) is 0 Å². The molecule has 0 aliphatic heterocycles. The second kappa shape index (κ2) is 28.4. The van der Waals surface area contributed by atoms with Gasteiger partial charge in [-0.25, -0.2) is 0 Å². The minimum atomic E-state index is 0. The van der Waals surface area contributed by atoms with E-state index in [-0.39, 0.29) is 32.7 Å². The molecule has 1 radical (unpaired) electrons. The van der Waals surface area contributed by atoms with Crippen LogP contribution in [0, 0.1) is 12.1 Å². The Bertz CT molecular complexity index is 329. The van der Waals surface area contributed by atoms with E-state index in [1.165, 1.54) is 0 Å². The maximum Gasteiger partial charge on any atom is 0.0319 e. The van der Waals surface area contributed by atoms with Crippen LogP contribution in [0.25, 0.3) is 0 Å². The van der Waals surface area contributed by atoms with Crippen molar-refractivity contribution < 1.29 is 47.7 Å². The molecule has 0 heterocycles. The average Bonchev–Trinajstić information content (AvgIpc) is 2.64. The van der Waals surface area contributed by atoms with Gasteiger partial charge >= 0.3 is 0 Å². The Morgan fingerprint density at radius 1 is 0.682 bits per heavy atom. The summed E-state index contributed by atoms with van der Waals surface area (Å²) in [6.45, 7) is 8.00. The van der Waals surface area contributed by atoms with Crippen LogP contribution in [0.15, 0.2) is 48.5 Å². The molecule has 2 aromatic rings. The zero-order valence-electron chi connectivity index (χ0n) is 14.5. The maximum absolute atomic E-state index is 7.00. The van der Waals surface area contributed by atoms with E-state index in [1.54, 1.807) is 0 Å². The van der Waals surface area contributed by atoms with Crippen LogP contribution in [0.2, 0.25) is 0 Å². The van der Waals surface area contributed by atoms with Crippen molar-refractivity contribution in [1.29, 1.82) is 0 Å². The van der Waals surface area contributed by atoms with Crippen molar-refractivity contribution in [3.8, 4) is 11.5 Å². The van der Waals surface area contributed by atoms with Gasteiger partial charge in [-0.2, -0.15) is 36.4 Å². The van der Waals surface area contributed by atoms with Gasteiger partial charge in [0.05, 0.1) is 0 Å². The number of rotatable bonds is 2. The molecule has 0 bridgehead atoms. The minimum absolute atomic E-state index is 0. The predicted octanol–water partition coefficient (Wildman–Crippen LogP) is 4.35. The Kier molecular flexibility index (Phi) is 37.9. The molecule has 2 rings (SSSR count). The molecule has 2 N–H and O–H groups in total. The number of para-hydroxylation sites is 2. The van der Waals surface area contributed by atoms with E-state index in [4.69, 9.17) is 14.9 Å². The fraction of sp³-hybridized carbons (Fsp3) is 0.333. The Morgan fingerprint density at radius 2 is 1.00 bits per heavy atom. The maximum atomic E-state index is 7.00. The molecule has 0 aromatic heterocycles. The molecule has 0 aliphatic rings. The number of aliphatic hydroxyl groups excluding tert-OH is 2. The summed E-state index contributed by atoms with van der Waals surface area (Å²) in [4.78, 5) is 0. The van der Waals surface area contributed by atoms with Gasteiger partial charge in [-0.1, -0.05) is 27.7 Å². The van der Waals surface area contributed by atoms with E-state index in [0.29, 0.717) is 11.5 Å². The molecule has 0 unspecified atom stereocenters. The fourth-order valence-electron chi connectivity index (χ4n) is 0.999. The first kappa shape index (κ1) is 29.3. The molecule has 22 heavy (non-hydrogen) atoms. The molecule has 2 aromatic carbocycles. The van der Waals surface area contributed by atoms with Crippen molar-refractivity contribution in [2.75, 3.05) is 14.2 Å². The van der Waals surface area contributed by atoms with Gasteiger partial charge in [0.1, 0.15) is 0 Å². The van der Waals surface area contributed by atoms with Gasteiger partial charge in [0, 0.05) is 58.4 Å². The Morgan fingerprint density at radius 3 is 1.23 bits per heavy atom. The third-order valence-corrected chi connectivity index (χ3v) is 1.58. The van der Waals surface area contributed by atoms with E-state index in [9.17, 15) is 0 Å². The second-order valence-corrected chi connectivity index (χ2v) is 2.56. The fourth-order valence-corrected chi connectivity index (χ4v) is 0.999. The van der Waals surface area contributed by atoms with Crippen LogP contribution in [-0.4, -0.2) is 24.4 Å². The SMILES string of the molecule is CC.CC.CO.CO.[Y].[c-]1ccccc1Oc1[c-]cccc1. The van der Waals surface area contributed by atoms with E-state index in [1.807, 2.05) is 76.2 Å². The van der Waals surface area contributed by atoms with Crippen LogP contribution >= 0.6 is 0 Å². The molecule has 0 atom stereocenters. The van der Waals surface area contributed by atoms with Crippen molar-refractivity contribution in [2.24, 2.45) is 0 Å². The zero-order valence-corrected chi connectivity index (χ0v) is 17.3. The van der Waals surface area contributed by atoms with Gasteiger partial charge in [-0.05, 0) is 0 Å². The average molecular weight is 381 g/mol. The Balaban J connectivity index is -0.000000158. The summed E-state index contributed by atoms with van der Waals surface area (Å²) in [6.07, 6.45) is 0. The van der Waals surface area contributed by atoms with Gasteiger partial charge in [-0.15, -0.1) is 24.3 Å². The smallest absolute Gasteiger partial charge is 0.0319 e. The summed E-state index contributed by atoms with van der Waals surface area (Å²) in [5.74, 6) is 1.43. The van der Waals surface area contributed by atoms with Crippen LogP contribution < -0.4 is 4.74 Å². The molecule has 0 saturated carbocycles. The largest absolute Gasteiger partial charge is 0.509 e. The molecule has 4 heteroatoms. The van der Waals surface area contributed by atoms with Gasteiger partial charge in [0.15, 0.2) is 0 Å². The van der Waals surface area contributed by atoms with E-state index < -0.39 is 0 Å². The summed E-state index contributed by atoms with van der Waals surface area (Å²) >= 11 is 0. The summed E-state index contributed by atoms with van der Waals surface area (Å²) in [6, 6.07) is 20.9. The number of ether oxygens (including phenoxy) is 1. The van der Waals surface area contributed by atoms with Gasteiger partial charge in [0.2, 0.25) is 0 Å². The second-order valence-electron chi connectivity index (χ2n) is 2.56. The van der Waals surface area contributed by atoms with Crippen LogP contribution in [0.4, 0.5) is 0 Å². The number of benzene rings is 2. The standard InChI is InChI=1S/C12H8O.2C2H6.2CH4O.Y/c1-3-7-11(8-4-1)13-12-9-5-2-6-10-12;4*1-2;/h1-7,9H;2*1-2H3;2*2H,1H3;/q-2;;;;;. The molecule has 0 spiro atoms. The number of aliphatic hydroxyl groups is 2. The summed E-state index contributed by atoms with van der Waals surface area (Å²) in [7, 11) is 2.00. The summed E-state index contributed by atoms with van der Waals surface area (Å²) < 4.78 is 5.47. The number of hydrogen-bond donors (Lipinski definition) is 2. The first-order valence-electron chi connectivity index (χ1n) is 6.96. The monoisotopic (exact) mass is 381 g/mol. The Hall–Kier alpha value is -0.736. The van der Waals surface area contributed by atoms with Crippen molar-refractivity contribution in [1.82, 2.24) is 0 Å². The van der Waals surface area contributed by atoms with Gasteiger partial charge in [0.25, 0.3) is 0 Å². The molecular formula is C18H28O3Y-2. The van der Waals surface area contributed by atoms with Crippen molar-refractivity contribution >= 4 is 0 Å².